The molecule has 0 bridgehead atoms. The second kappa shape index (κ2) is 10.7. The maximum absolute atomic E-state index is 13.8. The first-order valence-corrected chi connectivity index (χ1v) is 11.5. The highest BCUT2D eigenvalue weighted by molar-refractivity contribution is 5.98. The van der Waals surface area contributed by atoms with E-state index in [1.807, 2.05) is 4.90 Å². The monoisotopic (exact) mass is 469 g/mol. The van der Waals surface area contributed by atoms with E-state index >= 15 is 0 Å². The van der Waals surface area contributed by atoms with Crippen LogP contribution in [-0.2, 0) is 11.3 Å². The van der Waals surface area contributed by atoms with E-state index < -0.39 is 11.6 Å². The summed E-state index contributed by atoms with van der Waals surface area (Å²) < 4.78 is 29.3. The number of anilines is 1. The minimum Gasteiger partial charge on any atom is -0.383 e. The maximum Gasteiger partial charge on any atom is 0.246 e. The highest BCUT2D eigenvalue weighted by atomic mass is 19.1. The van der Waals surface area contributed by atoms with E-state index in [0.717, 1.165) is 64.5 Å². The van der Waals surface area contributed by atoms with Gasteiger partial charge in [-0.2, -0.15) is 5.10 Å². The van der Waals surface area contributed by atoms with E-state index in [4.69, 9.17) is 5.73 Å². The van der Waals surface area contributed by atoms with Crippen LogP contribution in [0.3, 0.4) is 0 Å². The van der Waals surface area contributed by atoms with Crippen LogP contribution in [0.2, 0.25) is 0 Å². The predicted octanol–water partition coefficient (Wildman–Crippen LogP) is 3.24. The van der Waals surface area contributed by atoms with Crippen LogP contribution in [0.15, 0.2) is 37.2 Å². The highest BCUT2D eigenvalue weighted by Crippen LogP contribution is 2.31. The average Bonchev–Trinajstić information content (AvgIpc) is 3.20. The molecular formula is C24H29F2N7O. The van der Waals surface area contributed by atoms with Crippen LogP contribution in [0.5, 0.6) is 0 Å². The average molecular weight is 470 g/mol. The van der Waals surface area contributed by atoms with Crippen molar-refractivity contribution in [2.24, 2.45) is 0 Å². The zero-order valence-electron chi connectivity index (χ0n) is 19.1. The lowest BCUT2D eigenvalue weighted by Crippen LogP contribution is -2.48. The van der Waals surface area contributed by atoms with E-state index in [9.17, 15) is 13.6 Å². The number of hydrogen-bond donors (Lipinski definition) is 1. The molecule has 4 rings (SSSR count). The number of benzene rings is 1. The molecule has 0 unspecified atom stereocenters. The van der Waals surface area contributed by atoms with Crippen LogP contribution in [0, 0.1) is 11.6 Å². The number of fused-ring (bicyclic) bond motifs is 1. The van der Waals surface area contributed by atoms with Crippen molar-refractivity contribution in [1.82, 2.24) is 29.5 Å². The topological polar surface area (TPSA) is 93.2 Å². The molecule has 10 heteroatoms. The van der Waals surface area contributed by atoms with Crippen LogP contribution in [-0.4, -0.2) is 68.2 Å². The number of carbonyl (C=O) groups excluding carboxylic acids is 1. The number of nitrogens with two attached hydrogens (primary N) is 1. The van der Waals surface area contributed by atoms with Gasteiger partial charge in [0.1, 0.15) is 29.5 Å². The van der Waals surface area contributed by atoms with Gasteiger partial charge in [-0.05, 0) is 37.6 Å². The molecule has 3 heterocycles. The summed E-state index contributed by atoms with van der Waals surface area (Å²) in [6.45, 7) is 8.46. The molecule has 0 spiro atoms. The summed E-state index contributed by atoms with van der Waals surface area (Å²) in [4.78, 5) is 24.2. The lowest BCUT2D eigenvalue weighted by Gasteiger charge is -2.34. The molecular weight excluding hydrogens is 440 g/mol. The van der Waals surface area contributed by atoms with Crippen LogP contribution < -0.4 is 5.73 Å². The minimum absolute atomic E-state index is 0.00325. The molecule has 1 aromatic carbocycles. The number of unbranched alkanes of at least 4 members (excludes halogenated alkanes) is 3. The van der Waals surface area contributed by atoms with Gasteiger partial charge in [0.2, 0.25) is 5.91 Å². The standard InChI is InChI=1S/C24H29F2N7O/c1-2-20(34)32-11-9-31(10-12-32)7-5-3-4-6-8-33-24-21(23(27)28-16-29-24)22(30-33)17-13-18(25)15-19(26)14-17/h2,13-16H,1,3-12H2,(H2,27,28,29). The molecule has 1 amide bonds. The summed E-state index contributed by atoms with van der Waals surface area (Å²) >= 11 is 0. The van der Waals surface area contributed by atoms with E-state index in [-0.39, 0.29) is 11.7 Å². The molecule has 0 radical (unpaired) electrons. The summed E-state index contributed by atoms with van der Waals surface area (Å²) in [7, 11) is 0. The second-order valence-corrected chi connectivity index (χ2v) is 8.47. The molecule has 0 atom stereocenters. The molecule has 1 fully saturated rings. The van der Waals surface area contributed by atoms with Crippen molar-refractivity contribution in [3.8, 4) is 11.3 Å². The largest absolute Gasteiger partial charge is 0.383 e. The van der Waals surface area contributed by atoms with Gasteiger partial charge in [-0.25, -0.2) is 23.4 Å². The smallest absolute Gasteiger partial charge is 0.246 e. The van der Waals surface area contributed by atoms with Gasteiger partial charge in [0, 0.05) is 44.4 Å². The van der Waals surface area contributed by atoms with E-state index in [2.05, 4.69) is 26.5 Å². The molecule has 2 aromatic heterocycles. The lowest BCUT2D eigenvalue weighted by atomic mass is 10.1. The number of rotatable bonds is 9. The molecule has 3 aromatic rings. The molecule has 34 heavy (non-hydrogen) atoms. The van der Waals surface area contributed by atoms with Crippen molar-refractivity contribution < 1.29 is 13.6 Å². The third-order valence-corrected chi connectivity index (χ3v) is 6.15. The Morgan fingerprint density at radius 3 is 2.35 bits per heavy atom. The van der Waals surface area contributed by atoms with Crippen molar-refractivity contribution in [3.05, 3.63) is 48.8 Å². The lowest BCUT2D eigenvalue weighted by molar-refractivity contribution is -0.127. The van der Waals surface area contributed by atoms with Crippen LogP contribution in [0.25, 0.3) is 22.3 Å². The SMILES string of the molecule is C=CC(=O)N1CCN(CCCCCCn2nc(-c3cc(F)cc(F)c3)c3c(N)ncnc32)CC1. The van der Waals surface area contributed by atoms with Gasteiger partial charge >= 0.3 is 0 Å². The molecule has 0 aliphatic carbocycles. The Morgan fingerprint density at radius 1 is 1.00 bits per heavy atom. The number of halogens is 2. The van der Waals surface area contributed by atoms with Gasteiger partial charge in [-0.3, -0.25) is 9.69 Å². The predicted molar refractivity (Wildman–Crippen MR) is 127 cm³/mol. The van der Waals surface area contributed by atoms with Gasteiger partial charge in [0.15, 0.2) is 5.65 Å². The van der Waals surface area contributed by atoms with Gasteiger partial charge in [-0.1, -0.05) is 19.4 Å². The van der Waals surface area contributed by atoms with Gasteiger partial charge in [-0.15, -0.1) is 0 Å². The normalized spacial score (nSPS) is 14.6. The number of nitrogen functional groups attached to an aromatic ring is 1. The number of aryl methyl sites for hydroxylation is 1. The number of hydrogen-bond acceptors (Lipinski definition) is 6. The minimum atomic E-state index is -0.679. The van der Waals surface area contributed by atoms with Crippen molar-refractivity contribution in [3.63, 3.8) is 0 Å². The maximum atomic E-state index is 13.8. The zero-order valence-corrected chi connectivity index (χ0v) is 19.1. The summed E-state index contributed by atoms with van der Waals surface area (Å²) in [6, 6.07) is 3.28. The van der Waals surface area contributed by atoms with Crippen molar-refractivity contribution >= 4 is 22.8 Å². The van der Waals surface area contributed by atoms with Gasteiger partial charge in [0.05, 0.1) is 5.39 Å². The van der Waals surface area contributed by atoms with Crippen molar-refractivity contribution in [2.75, 3.05) is 38.5 Å². The van der Waals surface area contributed by atoms with Crippen LogP contribution >= 0.6 is 0 Å². The first-order chi connectivity index (χ1) is 16.5. The fourth-order valence-electron chi connectivity index (χ4n) is 4.35. The summed E-state index contributed by atoms with van der Waals surface area (Å²) in [5.41, 5.74) is 7.29. The van der Waals surface area contributed by atoms with Crippen molar-refractivity contribution in [1.29, 1.82) is 0 Å². The van der Waals surface area contributed by atoms with E-state index in [1.54, 1.807) is 4.68 Å². The Bertz CT molecular complexity index is 1150. The number of nitrogens with zero attached hydrogens (tertiary/aromatic N) is 6. The third kappa shape index (κ3) is 5.39. The quantitative estimate of drug-likeness (QED) is 0.382. The number of carbonyl (C=O) groups is 1. The fraction of sp³-hybridized carbons (Fsp3) is 0.417. The van der Waals surface area contributed by atoms with E-state index in [1.165, 1.54) is 24.5 Å². The molecule has 2 N–H and O–H groups in total. The first-order valence-electron chi connectivity index (χ1n) is 11.5. The van der Waals surface area contributed by atoms with Crippen molar-refractivity contribution in [2.45, 2.75) is 32.2 Å². The van der Waals surface area contributed by atoms with Gasteiger partial charge in [0.25, 0.3) is 0 Å². The molecule has 1 aliphatic heterocycles. The second-order valence-electron chi connectivity index (χ2n) is 8.47. The Morgan fingerprint density at radius 2 is 1.68 bits per heavy atom. The molecule has 1 aliphatic rings. The molecule has 180 valence electrons. The fourth-order valence-corrected chi connectivity index (χ4v) is 4.35. The Hall–Kier alpha value is -3.40. The molecule has 8 nitrogen and oxygen atoms in total. The van der Waals surface area contributed by atoms with Crippen LogP contribution in [0.1, 0.15) is 25.7 Å². The Labute approximate surface area is 197 Å². The Kier molecular flexibility index (Phi) is 7.46. The first kappa shape index (κ1) is 23.7. The molecule has 1 saturated heterocycles. The zero-order chi connectivity index (χ0) is 24.1. The summed E-state index contributed by atoms with van der Waals surface area (Å²) in [5, 5.41) is 5.08. The van der Waals surface area contributed by atoms with Gasteiger partial charge < -0.3 is 10.6 Å². The highest BCUT2D eigenvalue weighted by Gasteiger charge is 2.19. The summed E-state index contributed by atoms with van der Waals surface area (Å²) in [6.07, 6.45) is 6.80. The molecule has 0 saturated carbocycles. The number of piperazine rings is 1. The number of aromatic nitrogens is 4. The third-order valence-electron chi connectivity index (χ3n) is 6.15. The Balaban J connectivity index is 1.31. The van der Waals surface area contributed by atoms with E-state index in [0.29, 0.717) is 28.8 Å². The number of amides is 1. The van der Waals surface area contributed by atoms with Crippen LogP contribution in [0.4, 0.5) is 14.6 Å². The summed E-state index contributed by atoms with van der Waals surface area (Å²) in [5.74, 6) is -1.13.